The van der Waals surface area contributed by atoms with Crippen molar-refractivity contribution in [2.75, 3.05) is 6.54 Å². The van der Waals surface area contributed by atoms with Gasteiger partial charge in [-0.2, -0.15) is 0 Å². The number of carbonyl (C=O) groups excluding carboxylic acids is 1. The first-order valence-electron chi connectivity index (χ1n) is 5.25. The highest BCUT2D eigenvalue weighted by Crippen LogP contribution is 2.05. The van der Waals surface area contributed by atoms with Gasteiger partial charge in [-0.3, -0.25) is 4.79 Å². The maximum atomic E-state index is 11.4. The lowest BCUT2D eigenvalue weighted by atomic mass is 10.0. The Labute approximate surface area is 90.7 Å². The number of amidine groups is 1. The zero-order chi connectivity index (χ0) is 11.8. The summed E-state index contributed by atoms with van der Waals surface area (Å²) in [4.78, 5) is 11.4. The fourth-order valence-corrected chi connectivity index (χ4v) is 1.00. The maximum absolute atomic E-state index is 11.4. The Hall–Kier alpha value is -1.26. The van der Waals surface area contributed by atoms with E-state index in [1.165, 1.54) is 0 Å². The average Bonchev–Trinajstić information content (AvgIpc) is 2.24. The van der Waals surface area contributed by atoms with Gasteiger partial charge < -0.3 is 16.3 Å². The SMILES string of the molecule is CCC(C)CC(=O)NCC(C)C(N)=NO. The molecule has 0 rings (SSSR count). The van der Waals surface area contributed by atoms with E-state index in [2.05, 4.69) is 17.4 Å². The van der Waals surface area contributed by atoms with Crippen molar-refractivity contribution in [3.8, 4) is 0 Å². The lowest BCUT2D eigenvalue weighted by Crippen LogP contribution is -2.35. The number of amides is 1. The van der Waals surface area contributed by atoms with Crippen molar-refractivity contribution in [1.82, 2.24) is 5.32 Å². The predicted octanol–water partition coefficient (Wildman–Crippen LogP) is 0.921. The van der Waals surface area contributed by atoms with Crippen molar-refractivity contribution < 1.29 is 10.0 Å². The largest absolute Gasteiger partial charge is 0.409 e. The molecule has 0 aliphatic rings. The third-order valence-electron chi connectivity index (χ3n) is 2.46. The minimum absolute atomic E-state index is 0.0157. The van der Waals surface area contributed by atoms with E-state index in [1.807, 2.05) is 6.92 Å². The average molecular weight is 215 g/mol. The van der Waals surface area contributed by atoms with Crippen molar-refractivity contribution >= 4 is 11.7 Å². The van der Waals surface area contributed by atoms with Gasteiger partial charge in [0.1, 0.15) is 5.84 Å². The van der Waals surface area contributed by atoms with Gasteiger partial charge in [-0.25, -0.2) is 0 Å². The van der Waals surface area contributed by atoms with E-state index in [4.69, 9.17) is 10.9 Å². The van der Waals surface area contributed by atoms with Crippen LogP contribution in [0.2, 0.25) is 0 Å². The molecular weight excluding hydrogens is 194 g/mol. The highest BCUT2D eigenvalue weighted by atomic mass is 16.4. The van der Waals surface area contributed by atoms with E-state index in [-0.39, 0.29) is 17.7 Å². The van der Waals surface area contributed by atoms with Gasteiger partial charge in [-0.1, -0.05) is 32.3 Å². The normalized spacial score (nSPS) is 15.8. The smallest absolute Gasteiger partial charge is 0.220 e. The number of carbonyl (C=O) groups is 1. The molecule has 0 fully saturated rings. The molecule has 0 saturated carbocycles. The van der Waals surface area contributed by atoms with Gasteiger partial charge in [-0.05, 0) is 5.92 Å². The zero-order valence-electron chi connectivity index (χ0n) is 9.66. The molecule has 5 nitrogen and oxygen atoms in total. The summed E-state index contributed by atoms with van der Waals surface area (Å²) in [5, 5.41) is 14.0. The van der Waals surface area contributed by atoms with Crippen molar-refractivity contribution in [3.05, 3.63) is 0 Å². The molecule has 0 heterocycles. The Balaban J connectivity index is 3.81. The van der Waals surface area contributed by atoms with Gasteiger partial charge in [0, 0.05) is 18.9 Å². The Morgan fingerprint density at radius 2 is 2.13 bits per heavy atom. The summed E-state index contributed by atoms with van der Waals surface area (Å²) in [5.74, 6) is 0.404. The Morgan fingerprint density at radius 3 is 2.60 bits per heavy atom. The van der Waals surface area contributed by atoms with Gasteiger partial charge in [0.2, 0.25) is 5.91 Å². The predicted molar refractivity (Wildman–Crippen MR) is 59.7 cm³/mol. The summed E-state index contributed by atoms with van der Waals surface area (Å²) < 4.78 is 0. The van der Waals surface area contributed by atoms with Crippen LogP contribution in [0.3, 0.4) is 0 Å². The number of hydrogen-bond acceptors (Lipinski definition) is 3. The summed E-state index contributed by atoms with van der Waals surface area (Å²) in [5.41, 5.74) is 5.38. The number of hydrogen-bond donors (Lipinski definition) is 3. The third kappa shape index (κ3) is 5.93. The lowest BCUT2D eigenvalue weighted by molar-refractivity contribution is -0.122. The van der Waals surface area contributed by atoms with E-state index in [0.29, 0.717) is 18.9 Å². The zero-order valence-corrected chi connectivity index (χ0v) is 9.66. The summed E-state index contributed by atoms with van der Waals surface area (Å²) in [6.07, 6.45) is 1.52. The molecule has 0 spiro atoms. The minimum atomic E-state index is -0.143. The van der Waals surface area contributed by atoms with Crippen molar-refractivity contribution in [2.24, 2.45) is 22.7 Å². The van der Waals surface area contributed by atoms with Gasteiger partial charge in [0.15, 0.2) is 0 Å². The van der Waals surface area contributed by atoms with Crippen LogP contribution in [0, 0.1) is 11.8 Å². The molecule has 1 amide bonds. The fraction of sp³-hybridized carbons (Fsp3) is 0.800. The maximum Gasteiger partial charge on any atom is 0.220 e. The van der Waals surface area contributed by atoms with Gasteiger partial charge in [-0.15, -0.1) is 0 Å². The third-order valence-corrected chi connectivity index (χ3v) is 2.46. The Kier molecular flexibility index (Phi) is 6.49. The first kappa shape index (κ1) is 13.7. The molecule has 88 valence electrons. The summed E-state index contributed by atoms with van der Waals surface area (Å²) in [7, 11) is 0. The number of nitrogens with one attached hydrogen (secondary N) is 1. The molecule has 2 unspecified atom stereocenters. The molecule has 0 aromatic heterocycles. The van der Waals surface area contributed by atoms with Crippen molar-refractivity contribution in [2.45, 2.75) is 33.6 Å². The van der Waals surface area contributed by atoms with Crippen molar-refractivity contribution in [3.63, 3.8) is 0 Å². The summed E-state index contributed by atoms with van der Waals surface area (Å²) in [6, 6.07) is 0. The van der Waals surface area contributed by atoms with Crippen LogP contribution in [0.1, 0.15) is 33.6 Å². The minimum Gasteiger partial charge on any atom is -0.409 e. The summed E-state index contributed by atoms with van der Waals surface area (Å²) in [6.45, 7) is 6.28. The summed E-state index contributed by atoms with van der Waals surface area (Å²) >= 11 is 0. The standard InChI is InChI=1S/C10H21N3O2/c1-4-7(2)5-9(14)12-6-8(3)10(11)13-15/h7-8,15H,4-6H2,1-3H3,(H2,11,13)(H,12,14). The molecule has 0 bridgehead atoms. The van der Waals surface area contributed by atoms with Crippen LogP contribution >= 0.6 is 0 Å². The first-order chi connectivity index (χ1) is 7.01. The second-order valence-electron chi connectivity index (χ2n) is 3.95. The van der Waals surface area contributed by atoms with E-state index in [9.17, 15) is 4.79 Å². The van der Waals surface area contributed by atoms with Crippen LogP contribution in [0.5, 0.6) is 0 Å². The molecule has 0 aliphatic heterocycles. The van der Waals surface area contributed by atoms with E-state index in [1.54, 1.807) is 6.92 Å². The molecule has 0 aliphatic carbocycles. The van der Waals surface area contributed by atoms with Gasteiger partial charge in [0.25, 0.3) is 0 Å². The van der Waals surface area contributed by atoms with Crippen LogP contribution in [0.15, 0.2) is 5.16 Å². The van der Waals surface area contributed by atoms with E-state index in [0.717, 1.165) is 6.42 Å². The van der Waals surface area contributed by atoms with Crippen molar-refractivity contribution in [1.29, 1.82) is 0 Å². The van der Waals surface area contributed by atoms with Gasteiger partial charge >= 0.3 is 0 Å². The highest BCUT2D eigenvalue weighted by Gasteiger charge is 2.11. The molecule has 0 aromatic rings. The highest BCUT2D eigenvalue weighted by molar-refractivity contribution is 5.83. The molecule has 0 saturated heterocycles. The molecular formula is C10H21N3O2. The van der Waals surface area contributed by atoms with Crippen LogP contribution in [0.4, 0.5) is 0 Å². The monoisotopic (exact) mass is 215 g/mol. The first-order valence-corrected chi connectivity index (χ1v) is 5.25. The van der Waals surface area contributed by atoms with Crippen LogP contribution in [-0.4, -0.2) is 23.5 Å². The van der Waals surface area contributed by atoms with E-state index >= 15 is 0 Å². The Morgan fingerprint density at radius 1 is 1.53 bits per heavy atom. The number of oxime groups is 1. The number of nitrogens with two attached hydrogens (primary N) is 1. The Bertz CT molecular complexity index is 229. The molecule has 0 aromatic carbocycles. The number of nitrogens with zero attached hydrogens (tertiary/aromatic N) is 1. The second kappa shape index (κ2) is 7.09. The van der Waals surface area contributed by atoms with Crippen LogP contribution in [-0.2, 0) is 4.79 Å². The number of rotatable bonds is 6. The van der Waals surface area contributed by atoms with Crippen LogP contribution < -0.4 is 11.1 Å². The topological polar surface area (TPSA) is 87.7 Å². The lowest BCUT2D eigenvalue weighted by Gasteiger charge is -2.12. The van der Waals surface area contributed by atoms with Crippen LogP contribution in [0.25, 0.3) is 0 Å². The fourth-order valence-electron chi connectivity index (χ4n) is 1.00. The van der Waals surface area contributed by atoms with Gasteiger partial charge in [0.05, 0.1) is 0 Å². The second-order valence-corrected chi connectivity index (χ2v) is 3.95. The quantitative estimate of drug-likeness (QED) is 0.266. The molecule has 15 heavy (non-hydrogen) atoms. The molecule has 5 heteroatoms. The molecule has 4 N–H and O–H groups in total. The van der Waals surface area contributed by atoms with E-state index < -0.39 is 0 Å². The molecule has 0 radical (unpaired) electrons. The molecule has 2 atom stereocenters.